The number of pyridine rings is 1. The van der Waals surface area contributed by atoms with Gasteiger partial charge in [-0.25, -0.2) is 4.98 Å². The molecule has 0 saturated carbocycles. The van der Waals surface area contributed by atoms with Gasteiger partial charge in [-0.2, -0.15) is 0 Å². The quantitative estimate of drug-likeness (QED) is 0.900. The zero-order valence-electron chi connectivity index (χ0n) is 9.25. The van der Waals surface area contributed by atoms with Crippen molar-refractivity contribution in [2.75, 3.05) is 7.05 Å². The molecule has 0 bridgehead atoms. The number of thiazole rings is 1. The first-order valence-electron chi connectivity index (χ1n) is 5.05. The van der Waals surface area contributed by atoms with Crippen LogP contribution in [0.1, 0.15) is 20.2 Å². The lowest BCUT2D eigenvalue weighted by Crippen LogP contribution is -2.16. The first kappa shape index (κ1) is 11.5. The van der Waals surface area contributed by atoms with Crippen LogP contribution < -0.4 is 5.32 Å². The summed E-state index contributed by atoms with van der Waals surface area (Å²) in [5.74, 6) is -0.108. The van der Waals surface area contributed by atoms with Crippen LogP contribution in [-0.2, 0) is 0 Å². The summed E-state index contributed by atoms with van der Waals surface area (Å²) >= 11 is 1.35. The lowest BCUT2D eigenvalue weighted by atomic mass is 10.3. The first-order chi connectivity index (χ1) is 8.29. The van der Waals surface area contributed by atoms with Crippen LogP contribution in [-0.4, -0.2) is 22.9 Å². The maximum Gasteiger partial charge on any atom is 0.262 e. The largest absolute Gasteiger partial charge is 0.354 e. The molecule has 1 amide bonds. The molecular formula is C12H11N3OS. The van der Waals surface area contributed by atoms with Crippen LogP contribution in [0.2, 0.25) is 0 Å². The van der Waals surface area contributed by atoms with E-state index in [1.807, 2.05) is 24.3 Å². The fourth-order valence-electron chi connectivity index (χ4n) is 1.23. The van der Waals surface area contributed by atoms with Gasteiger partial charge in [-0.15, -0.1) is 11.3 Å². The van der Waals surface area contributed by atoms with Crippen LogP contribution in [0.15, 0.2) is 30.7 Å². The number of rotatable bonds is 3. The number of carbonyl (C=O) groups is 1. The third-order valence-electron chi connectivity index (χ3n) is 2.08. The zero-order chi connectivity index (χ0) is 12.1. The standard InChI is InChI=1S/C12H11N3OS/c1-13-12(16)10-8-15-11(17-10)5-4-9-3-2-6-14-7-9/h2-8H,1H3,(H,13,16). The van der Waals surface area contributed by atoms with Crippen LogP contribution in [0.25, 0.3) is 12.2 Å². The Morgan fingerprint density at radius 2 is 2.29 bits per heavy atom. The maximum atomic E-state index is 11.3. The fraction of sp³-hybridized carbons (Fsp3) is 0.0833. The van der Waals surface area contributed by atoms with E-state index in [4.69, 9.17) is 0 Å². The lowest BCUT2D eigenvalue weighted by molar-refractivity contribution is 0.0967. The number of nitrogens with one attached hydrogen (secondary N) is 1. The van der Waals surface area contributed by atoms with Gasteiger partial charge in [0, 0.05) is 19.4 Å². The Labute approximate surface area is 103 Å². The topological polar surface area (TPSA) is 54.9 Å². The second kappa shape index (κ2) is 5.36. The van der Waals surface area contributed by atoms with E-state index in [0.717, 1.165) is 10.6 Å². The van der Waals surface area contributed by atoms with Crippen LogP contribution in [0.3, 0.4) is 0 Å². The molecule has 0 spiro atoms. The maximum absolute atomic E-state index is 11.3. The molecule has 0 aliphatic rings. The Bertz CT molecular complexity index is 534. The highest BCUT2D eigenvalue weighted by atomic mass is 32.1. The predicted octanol–water partition coefficient (Wildman–Crippen LogP) is 2.07. The number of nitrogens with zero attached hydrogens (tertiary/aromatic N) is 2. The smallest absolute Gasteiger partial charge is 0.262 e. The molecule has 0 aromatic carbocycles. The molecule has 2 heterocycles. The molecule has 4 nitrogen and oxygen atoms in total. The number of hydrogen-bond acceptors (Lipinski definition) is 4. The SMILES string of the molecule is CNC(=O)c1cnc(C=Cc2cccnc2)s1. The molecule has 86 valence electrons. The van der Waals surface area contributed by atoms with Gasteiger partial charge in [0.1, 0.15) is 9.88 Å². The Morgan fingerprint density at radius 3 is 3.00 bits per heavy atom. The fourth-order valence-corrected chi connectivity index (χ4v) is 2.00. The minimum Gasteiger partial charge on any atom is -0.354 e. The van der Waals surface area contributed by atoms with Crippen molar-refractivity contribution in [1.29, 1.82) is 0 Å². The molecule has 0 saturated heterocycles. The normalized spacial score (nSPS) is 10.6. The third kappa shape index (κ3) is 2.98. The molecule has 2 rings (SSSR count). The number of amides is 1. The zero-order valence-corrected chi connectivity index (χ0v) is 10.1. The van der Waals surface area contributed by atoms with E-state index < -0.39 is 0 Å². The van der Waals surface area contributed by atoms with Gasteiger partial charge in [-0.3, -0.25) is 9.78 Å². The van der Waals surface area contributed by atoms with E-state index in [-0.39, 0.29) is 5.91 Å². The van der Waals surface area contributed by atoms with E-state index in [1.54, 1.807) is 25.6 Å². The summed E-state index contributed by atoms with van der Waals surface area (Å²) in [5, 5.41) is 3.36. The van der Waals surface area contributed by atoms with Gasteiger partial charge in [-0.05, 0) is 17.7 Å². The summed E-state index contributed by atoms with van der Waals surface area (Å²) in [7, 11) is 1.60. The molecular weight excluding hydrogens is 234 g/mol. The van der Waals surface area contributed by atoms with Crippen molar-refractivity contribution in [3.05, 3.63) is 46.2 Å². The van der Waals surface area contributed by atoms with Gasteiger partial charge in [0.05, 0.1) is 6.20 Å². The van der Waals surface area contributed by atoms with E-state index in [1.165, 1.54) is 11.3 Å². The molecule has 2 aromatic rings. The Hall–Kier alpha value is -2.01. The Morgan fingerprint density at radius 1 is 1.41 bits per heavy atom. The van der Waals surface area contributed by atoms with Crippen LogP contribution >= 0.6 is 11.3 Å². The highest BCUT2D eigenvalue weighted by molar-refractivity contribution is 7.14. The molecule has 2 aromatic heterocycles. The minimum atomic E-state index is -0.108. The summed E-state index contributed by atoms with van der Waals surface area (Å²) in [4.78, 5) is 20.1. The van der Waals surface area contributed by atoms with Gasteiger partial charge in [0.2, 0.25) is 0 Å². The second-order valence-electron chi connectivity index (χ2n) is 3.26. The average molecular weight is 245 g/mol. The van der Waals surface area contributed by atoms with Gasteiger partial charge < -0.3 is 5.32 Å². The minimum absolute atomic E-state index is 0.108. The van der Waals surface area contributed by atoms with Crippen molar-refractivity contribution in [2.24, 2.45) is 0 Å². The summed E-state index contributed by atoms with van der Waals surface area (Å²) in [5.41, 5.74) is 1.00. The Balaban J connectivity index is 2.12. The van der Waals surface area contributed by atoms with Gasteiger partial charge in [0.25, 0.3) is 5.91 Å². The van der Waals surface area contributed by atoms with Gasteiger partial charge in [-0.1, -0.05) is 12.1 Å². The molecule has 0 fully saturated rings. The third-order valence-corrected chi connectivity index (χ3v) is 3.04. The van der Waals surface area contributed by atoms with Crippen molar-refractivity contribution in [3.63, 3.8) is 0 Å². The molecule has 0 unspecified atom stereocenters. The van der Waals surface area contributed by atoms with Crippen molar-refractivity contribution in [2.45, 2.75) is 0 Å². The van der Waals surface area contributed by atoms with E-state index in [2.05, 4.69) is 15.3 Å². The predicted molar refractivity (Wildman–Crippen MR) is 68.7 cm³/mol. The van der Waals surface area contributed by atoms with Crippen molar-refractivity contribution in [1.82, 2.24) is 15.3 Å². The van der Waals surface area contributed by atoms with E-state index >= 15 is 0 Å². The van der Waals surface area contributed by atoms with Gasteiger partial charge in [0.15, 0.2) is 0 Å². The average Bonchev–Trinajstić information content (AvgIpc) is 2.85. The number of carbonyl (C=O) groups excluding carboxylic acids is 1. The molecule has 0 aliphatic carbocycles. The molecule has 0 aliphatic heterocycles. The van der Waals surface area contributed by atoms with Crippen LogP contribution in [0, 0.1) is 0 Å². The van der Waals surface area contributed by atoms with Crippen LogP contribution in [0.5, 0.6) is 0 Å². The summed E-state index contributed by atoms with van der Waals surface area (Å²) in [6.45, 7) is 0. The second-order valence-corrected chi connectivity index (χ2v) is 4.32. The lowest BCUT2D eigenvalue weighted by Gasteiger charge is -1.90. The monoisotopic (exact) mass is 245 g/mol. The highest BCUT2D eigenvalue weighted by Gasteiger charge is 2.06. The molecule has 0 atom stereocenters. The van der Waals surface area contributed by atoms with E-state index in [9.17, 15) is 4.79 Å². The van der Waals surface area contributed by atoms with Crippen LogP contribution in [0.4, 0.5) is 0 Å². The molecule has 0 radical (unpaired) electrons. The number of hydrogen-bond donors (Lipinski definition) is 1. The summed E-state index contributed by atoms with van der Waals surface area (Å²) < 4.78 is 0. The summed E-state index contributed by atoms with van der Waals surface area (Å²) in [6, 6.07) is 3.83. The molecule has 5 heteroatoms. The van der Waals surface area contributed by atoms with E-state index in [0.29, 0.717) is 4.88 Å². The first-order valence-corrected chi connectivity index (χ1v) is 5.87. The Kier molecular flexibility index (Phi) is 3.62. The molecule has 1 N–H and O–H groups in total. The van der Waals surface area contributed by atoms with Crippen molar-refractivity contribution in [3.8, 4) is 0 Å². The highest BCUT2D eigenvalue weighted by Crippen LogP contribution is 2.15. The van der Waals surface area contributed by atoms with Gasteiger partial charge >= 0.3 is 0 Å². The van der Waals surface area contributed by atoms with Crippen molar-refractivity contribution >= 4 is 29.4 Å². The van der Waals surface area contributed by atoms with Crippen molar-refractivity contribution < 1.29 is 4.79 Å². The summed E-state index contributed by atoms with van der Waals surface area (Å²) in [6.07, 6.45) is 8.86. The number of aromatic nitrogens is 2. The molecule has 17 heavy (non-hydrogen) atoms.